The molecule has 3 nitrogen and oxygen atoms in total. The molecule has 4 heteroatoms. The van der Waals surface area contributed by atoms with Crippen LogP contribution < -0.4 is 10.1 Å². The zero-order valence-electron chi connectivity index (χ0n) is 11.2. The molecule has 0 aliphatic heterocycles. The zero-order chi connectivity index (χ0) is 13.7. The van der Waals surface area contributed by atoms with Crippen molar-refractivity contribution in [3.05, 3.63) is 30.1 Å². The van der Waals surface area contributed by atoms with Gasteiger partial charge in [-0.25, -0.2) is 4.39 Å². The fourth-order valence-corrected chi connectivity index (χ4v) is 2.35. The molecule has 0 bridgehead atoms. The highest BCUT2D eigenvalue weighted by molar-refractivity contribution is 5.81. The standard InChI is InChI=1S/C15H20FNO2/c1-11(19-14-10-6-5-9-13(14)16)15(18)17-12-7-3-2-4-8-12/h5-6,9-12H,2-4,7-8H2,1H3,(H,17,18)/t11-/m0/s1. The lowest BCUT2D eigenvalue weighted by molar-refractivity contribution is -0.128. The Morgan fingerprint density at radius 1 is 1.32 bits per heavy atom. The quantitative estimate of drug-likeness (QED) is 0.908. The van der Waals surface area contributed by atoms with E-state index < -0.39 is 11.9 Å². The first-order chi connectivity index (χ1) is 9.16. The Morgan fingerprint density at radius 2 is 2.00 bits per heavy atom. The molecule has 2 rings (SSSR count). The molecule has 1 amide bonds. The summed E-state index contributed by atoms with van der Waals surface area (Å²) in [5.74, 6) is -0.497. The van der Waals surface area contributed by atoms with Crippen molar-refractivity contribution in [1.82, 2.24) is 5.32 Å². The van der Waals surface area contributed by atoms with E-state index in [-0.39, 0.29) is 17.7 Å². The number of carbonyl (C=O) groups is 1. The van der Waals surface area contributed by atoms with Gasteiger partial charge in [-0.1, -0.05) is 31.4 Å². The number of rotatable bonds is 4. The smallest absolute Gasteiger partial charge is 0.260 e. The van der Waals surface area contributed by atoms with Gasteiger partial charge in [0.25, 0.3) is 5.91 Å². The molecule has 104 valence electrons. The van der Waals surface area contributed by atoms with E-state index >= 15 is 0 Å². The number of halogens is 1. The molecule has 1 atom stereocenters. The van der Waals surface area contributed by atoms with Crippen LogP contribution in [0.2, 0.25) is 0 Å². The number of hydrogen-bond acceptors (Lipinski definition) is 2. The highest BCUT2D eigenvalue weighted by atomic mass is 19.1. The van der Waals surface area contributed by atoms with Crippen LogP contribution in [0.25, 0.3) is 0 Å². The Kier molecular flexibility index (Phi) is 4.77. The van der Waals surface area contributed by atoms with Gasteiger partial charge < -0.3 is 10.1 Å². The van der Waals surface area contributed by atoms with Gasteiger partial charge in [-0.05, 0) is 31.9 Å². The highest BCUT2D eigenvalue weighted by Crippen LogP contribution is 2.19. The molecular formula is C15H20FNO2. The minimum atomic E-state index is -0.682. The minimum absolute atomic E-state index is 0.119. The molecule has 1 saturated carbocycles. The Bertz CT molecular complexity index is 430. The van der Waals surface area contributed by atoms with E-state index in [1.165, 1.54) is 18.6 Å². The summed E-state index contributed by atoms with van der Waals surface area (Å²) in [4.78, 5) is 12.0. The first kappa shape index (κ1) is 13.8. The van der Waals surface area contributed by atoms with Crippen LogP contribution in [0.15, 0.2) is 24.3 Å². The maximum Gasteiger partial charge on any atom is 0.260 e. The van der Waals surface area contributed by atoms with Crippen LogP contribution in [-0.2, 0) is 4.79 Å². The Balaban J connectivity index is 1.87. The number of benzene rings is 1. The molecular weight excluding hydrogens is 245 g/mol. The monoisotopic (exact) mass is 265 g/mol. The summed E-state index contributed by atoms with van der Waals surface area (Å²) in [5.41, 5.74) is 0. The number of para-hydroxylation sites is 1. The topological polar surface area (TPSA) is 38.3 Å². The van der Waals surface area contributed by atoms with Gasteiger partial charge in [-0.3, -0.25) is 4.79 Å². The summed E-state index contributed by atoms with van der Waals surface area (Å²) in [6.45, 7) is 1.64. The van der Waals surface area contributed by atoms with Gasteiger partial charge in [0.05, 0.1) is 0 Å². The van der Waals surface area contributed by atoms with Crippen LogP contribution in [0.1, 0.15) is 39.0 Å². The molecule has 0 saturated heterocycles. The second kappa shape index (κ2) is 6.55. The second-order valence-electron chi connectivity index (χ2n) is 5.03. The van der Waals surface area contributed by atoms with Gasteiger partial charge in [0.2, 0.25) is 0 Å². The van der Waals surface area contributed by atoms with Gasteiger partial charge >= 0.3 is 0 Å². The van der Waals surface area contributed by atoms with Gasteiger partial charge in [-0.2, -0.15) is 0 Å². The van der Waals surface area contributed by atoms with Crippen LogP contribution in [-0.4, -0.2) is 18.1 Å². The van der Waals surface area contributed by atoms with E-state index in [1.807, 2.05) is 0 Å². The van der Waals surface area contributed by atoms with Crippen molar-refractivity contribution >= 4 is 5.91 Å². The lowest BCUT2D eigenvalue weighted by atomic mass is 9.95. The summed E-state index contributed by atoms with van der Waals surface area (Å²) < 4.78 is 18.8. The maximum atomic E-state index is 13.4. The first-order valence-electron chi connectivity index (χ1n) is 6.88. The minimum Gasteiger partial charge on any atom is -0.478 e. The van der Waals surface area contributed by atoms with Crippen molar-refractivity contribution < 1.29 is 13.9 Å². The van der Waals surface area contributed by atoms with E-state index in [2.05, 4.69) is 5.32 Å². The van der Waals surface area contributed by atoms with Crippen LogP contribution in [0, 0.1) is 5.82 Å². The zero-order valence-corrected chi connectivity index (χ0v) is 11.2. The number of carbonyl (C=O) groups excluding carboxylic acids is 1. The third-order valence-corrected chi connectivity index (χ3v) is 3.46. The molecule has 1 N–H and O–H groups in total. The van der Waals surface area contributed by atoms with Crippen molar-refractivity contribution in [2.24, 2.45) is 0 Å². The van der Waals surface area contributed by atoms with Crippen LogP contribution in [0.3, 0.4) is 0 Å². The van der Waals surface area contributed by atoms with E-state index in [0.717, 1.165) is 25.7 Å². The fraction of sp³-hybridized carbons (Fsp3) is 0.533. The number of ether oxygens (including phenoxy) is 1. The third-order valence-electron chi connectivity index (χ3n) is 3.46. The van der Waals surface area contributed by atoms with Gasteiger partial charge in [0.1, 0.15) is 0 Å². The van der Waals surface area contributed by atoms with Gasteiger partial charge in [-0.15, -0.1) is 0 Å². The molecule has 1 aliphatic carbocycles. The molecule has 0 unspecified atom stereocenters. The predicted octanol–water partition coefficient (Wildman–Crippen LogP) is 3.04. The molecule has 0 radical (unpaired) electrons. The van der Waals surface area contributed by atoms with Crippen molar-refractivity contribution in [2.75, 3.05) is 0 Å². The summed E-state index contributed by atoms with van der Waals surface area (Å²) >= 11 is 0. The van der Waals surface area contributed by atoms with Gasteiger partial charge in [0.15, 0.2) is 17.7 Å². The molecule has 0 heterocycles. The number of amides is 1. The Hall–Kier alpha value is -1.58. The van der Waals surface area contributed by atoms with Crippen molar-refractivity contribution in [1.29, 1.82) is 0 Å². The third kappa shape index (κ3) is 3.94. The Labute approximate surface area is 113 Å². The summed E-state index contributed by atoms with van der Waals surface area (Å²) in [5, 5.41) is 2.97. The average molecular weight is 265 g/mol. The molecule has 19 heavy (non-hydrogen) atoms. The van der Waals surface area contributed by atoms with Gasteiger partial charge in [0, 0.05) is 6.04 Å². The summed E-state index contributed by atoms with van der Waals surface area (Å²) in [6, 6.07) is 6.37. The molecule has 0 spiro atoms. The summed E-state index contributed by atoms with van der Waals surface area (Å²) in [6.07, 6.45) is 4.93. The largest absolute Gasteiger partial charge is 0.478 e. The van der Waals surface area contributed by atoms with Crippen LogP contribution in [0.4, 0.5) is 4.39 Å². The maximum absolute atomic E-state index is 13.4. The lowest BCUT2D eigenvalue weighted by Crippen LogP contribution is -2.43. The molecule has 1 aromatic rings. The predicted molar refractivity (Wildman–Crippen MR) is 71.5 cm³/mol. The number of hydrogen-bond donors (Lipinski definition) is 1. The van der Waals surface area contributed by atoms with E-state index in [1.54, 1.807) is 19.1 Å². The first-order valence-corrected chi connectivity index (χ1v) is 6.88. The fourth-order valence-electron chi connectivity index (χ4n) is 2.35. The second-order valence-corrected chi connectivity index (χ2v) is 5.03. The van der Waals surface area contributed by atoms with Crippen LogP contribution >= 0.6 is 0 Å². The van der Waals surface area contributed by atoms with E-state index in [0.29, 0.717) is 0 Å². The molecule has 1 aromatic carbocycles. The average Bonchev–Trinajstić information content (AvgIpc) is 2.42. The van der Waals surface area contributed by atoms with Crippen molar-refractivity contribution in [3.8, 4) is 5.75 Å². The normalized spacial score (nSPS) is 17.8. The van der Waals surface area contributed by atoms with E-state index in [9.17, 15) is 9.18 Å². The van der Waals surface area contributed by atoms with E-state index in [4.69, 9.17) is 4.74 Å². The van der Waals surface area contributed by atoms with Crippen LogP contribution in [0.5, 0.6) is 5.75 Å². The molecule has 0 aromatic heterocycles. The molecule has 1 fully saturated rings. The highest BCUT2D eigenvalue weighted by Gasteiger charge is 2.21. The lowest BCUT2D eigenvalue weighted by Gasteiger charge is -2.24. The number of nitrogens with one attached hydrogen (secondary N) is 1. The SMILES string of the molecule is C[C@H](Oc1ccccc1F)C(=O)NC1CCCCC1. The summed E-state index contributed by atoms with van der Waals surface area (Å²) in [7, 11) is 0. The van der Waals surface area contributed by atoms with Crippen molar-refractivity contribution in [3.63, 3.8) is 0 Å². The van der Waals surface area contributed by atoms with Crippen molar-refractivity contribution in [2.45, 2.75) is 51.2 Å². The molecule has 1 aliphatic rings. The Morgan fingerprint density at radius 3 is 2.68 bits per heavy atom.